The van der Waals surface area contributed by atoms with Crippen LogP contribution in [-0.2, 0) is 23.5 Å². The van der Waals surface area contributed by atoms with Crippen molar-refractivity contribution in [3.05, 3.63) is 41.7 Å². The molecule has 9 heteroatoms. The number of hydrogen-bond donors (Lipinski definition) is 1. The van der Waals surface area contributed by atoms with Gasteiger partial charge in [0, 0.05) is 32.9 Å². The molecular weight excluding hydrogens is 418 g/mol. The number of hydrogen-bond acceptors (Lipinski definition) is 5. The van der Waals surface area contributed by atoms with E-state index in [0.717, 1.165) is 18.4 Å². The molecule has 8 nitrogen and oxygen atoms in total. The standard InChI is InChI=1S/C22H31N3O5S/c1-4-29-20-9-8-17(14-21(20)30-5-2)10-11-23-22(26)19-15-18(16-24(19)3)31(27,28)25-12-6-7-13-25/h8-9,14-16H,4-7,10-13H2,1-3H3,(H,23,26). The maximum atomic E-state index is 12.7. The molecule has 0 spiro atoms. The Balaban J connectivity index is 1.62. The van der Waals surface area contributed by atoms with Crippen LogP contribution < -0.4 is 14.8 Å². The fourth-order valence-electron chi connectivity index (χ4n) is 3.64. The van der Waals surface area contributed by atoms with Crippen molar-refractivity contribution < 1.29 is 22.7 Å². The summed E-state index contributed by atoms with van der Waals surface area (Å²) in [7, 11) is -1.87. The summed E-state index contributed by atoms with van der Waals surface area (Å²) in [6.45, 7) is 6.41. The van der Waals surface area contributed by atoms with E-state index in [4.69, 9.17) is 9.47 Å². The van der Waals surface area contributed by atoms with Crippen LogP contribution in [0.15, 0.2) is 35.4 Å². The number of carbonyl (C=O) groups excluding carboxylic acids is 1. The first-order chi connectivity index (χ1) is 14.9. The molecule has 0 aliphatic carbocycles. The zero-order valence-corrected chi connectivity index (χ0v) is 19.2. The third-order valence-corrected chi connectivity index (χ3v) is 7.09. The highest BCUT2D eigenvalue weighted by atomic mass is 32.2. The summed E-state index contributed by atoms with van der Waals surface area (Å²) in [5, 5.41) is 2.87. The van der Waals surface area contributed by atoms with Gasteiger partial charge in [-0.25, -0.2) is 8.42 Å². The molecule has 31 heavy (non-hydrogen) atoms. The molecule has 1 aromatic carbocycles. The van der Waals surface area contributed by atoms with E-state index in [0.29, 0.717) is 56.5 Å². The van der Waals surface area contributed by atoms with Gasteiger partial charge in [0.2, 0.25) is 10.0 Å². The molecular formula is C22H31N3O5S. The Kier molecular flexibility index (Phi) is 7.61. The average molecular weight is 450 g/mol. The number of aromatic nitrogens is 1. The summed E-state index contributed by atoms with van der Waals surface area (Å²) in [5.74, 6) is 1.08. The van der Waals surface area contributed by atoms with E-state index in [2.05, 4.69) is 5.32 Å². The topological polar surface area (TPSA) is 89.9 Å². The van der Waals surface area contributed by atoms with Crippen LogP contribution in [0.25, 0.3) is 0 Å². The lowest BCUT2D eigenvalue weighted by atomic mass is 10.1. The highest BCUT2D eigenvalue weighted by molar-refractivity contribution is 7.89. The molecule has 1 aliphatic heterocycles. The molecule has 0 saturated carbocycles. The molecule has 1 saturated heterocycles. The van der Waals surface area contributed by atoms with Crippen LogP contribution >= 0.6 is 0 Å². The van der Waals surface area contributed by atoms with Gasteiger partial charge >= 0.3 is 0 Å². The van der Waals surface area contributed by atoms with Gasteiger partial charge in [-0.3, -0.25) is 4.79 Å². The predicted octanol–water partition coefficient (Wildman–Crippen LogP) is 2.58. The van der Waals surface area contributed by atoms with Crippen molar-refractivity contribution in [2.24, 2.45) is 7.05 Å². The number of rotatable bonds is 10. The van der Waals surface area contributed by atoms with Crippen LogP contribution in [0, 0.1) is 0 Å². The number of aryl methyl sites for hydroxylation is 1. The van der Waals surface area contributed by atoms with E-state index in [9.17, 15) is 13.2 Å². The lowest BCUT2D eigenvalue weighted by molar-refractivity contribution is 0.0946. The molecule has 2 heterocycles. The highest BCUT2D eigenvalue weighted by Gasteiger charge is 2.29. The number of sulfonamides is 1. The Labute approximate surface area is 184 Å². The Hall–Kier alpha value is -2.52. The fourth-order valence-corrected chi connectivity index (χ4v) is 5.23. The zero-order valence-electron chi connectivity index (χ0n) is 18.4. The van der Waals surface area contributed by atoms with Gasteiger partial charge in [-0.05, 0) is 56.9 Å². The smallest absolute Gasteiger partial charge is 0.267 e. The van der Waals surface area contributed by atoms with Crippen LogP contribution in [0.3, 0.4) is 0 Å². The van der Waals surface area contributed by atoms with Crippen LogP contribution in [0.1, 0.15) is 42.7 Å². The minimum atomic E-state index is -3.55. The third kappa shape index (κ3) is 5.40. The molecule has 1 fully saturated rings. The minimum Gasteiger partial charge on any atom is -0.490 e. The Bertz CT molecular complexity index is 1010. The highest BCUT2D eigenvalue weighted by Crippen LogP contribution is 2.28. The Morgan fingerprint density at radius 1 is 1.06 bits per heavy atom. The van der Waals surface area contributed by atoms with Crippen molar-refractivity contribution in [1.29, 1.82) is 0 Å². The van der Waals surface area contributed by atoms with Gasteiger partial charge in [0.25, 0.3) is 5.91 Å². The molecule has 1 N–H and O–H groups in total. The summed E-state index contributed by atoms with van der Waals surface area (Å²) >= 11 is 0. The first-order valence-electron chi connectivity index (χ1n) is 10.7. The summed E-state index contributed by atoms with van der Waals surface area (Å²) in [4.78, 5) is 12.8. The van der Waals surface area contributed by atoms with E-state index >= 15 is 0 Å². The molecule has 1 aliphatic rings. The van der Waals surface area contributed by atoms with Gasteiger partial charge in [-0.15, -0.1) is 0 Å². The number of nitrogens with zero attached hydrogens (tertiary/aromatic N) is 2. The first-order valence-corrected chi connectivity index (χ1v) is 12.1. The van der Waals surface area contributed by atoms with Crippen molar-refractivity contribution in [2.45, 2.75) is 38.0 Å². The van der Waals surface area contributed by atoms with Gasteiger partial charge < -0.3 is 19.4 Å². The lowest BCUT2D eigenvalue weighted by Gasteiger charge is -2.13. The maximum Gasteiger partial charge on any atom is 0.267 e. The molecule has 2 aromatic rings. The summed E-state index contributed by atoms with van der Waals surface area (Å²) in [6.07, 6.45) is 3.86. The molecule has 1 aromatic heterocycles. The predicted molar refractivity (Wildman–Crippen MR) is 118 cm³/mol. The molecule has 0 bridgehead atoms. The number of nitrogens with one attached hydrogen (secondary N) is 1. The SMILES string of the molecule is CCOc1ccc(CCNC(=O)c2cc(S(=O)(=O)N3CCCC3)cn2C)cc1OCC. The maximum absolute atomic E-state index is 12.7. The second-order valence-electron chi connectivity index (χ2n) is 7.44. The second kappa shape index (κ2) is 10.2. The number of benzene rings is 1. The third-order valence-electron chi connectivity index (χ3n) is 5.22. The van der Waals surface area contributed by atoms with Gasteiger partial charge in [0.05, 0.1) is 13.2 Å². The molecule has 0 atom stereocenters. The first kappa shape index (κ1) is 23.1. The lowest BCUT2D eigenvalue weighted by Crippen LogP contribution is -2.28. The monoisotopic (exact) mass is 449 g/mol. The van der Waals surface area contributed by atoms with Gasteiger partial charge in [-0.2, -0.15) is 4.31 Å². The van der Waals surface area contributed by atoms with Crippen LogP contribution in [-0.4, -0.2) is 56.0 Å². The zero-order chi connectivity index (χ0) is 22.4. The minimum absolute atomic E-state index is 0.162. The molecule has 170 valence electrons. The number of amides is 1. The van der Waals surface area contributed by atoms with Crippen LogP contribution in [0.2, 0.25) is 0 Å². The van der Waals surface area contributed by atoms with E-state index in [1.165, 1.54) is 16.6 Å². The Morgan fingerprint density at radius 3 is 2.42 bits per heavy atom. The number of carbonyl (C=O) groups is 1. The van der Waals surface area contributed by atoms with Crippen molar-refractivity contribution in [3.63, 3.8) is 0 Å². The Morgan fingerprint density at radius 2 is 1.74 bits per heavy atom. The molecule has 3 rings (SSSR count). The van der Waals surface area contributed by atoms with Crippen molar-refractivity contribution >= 4 is 15.9 Å². The largest absolute Gasteiger partial charge is 0.490 e. The quantitative estimate of drug-likeness (QED) is 0.602. The summed E-state index contributed by atoms with van der Waals surface area (Å²) < 4.78 is 39.7. The van der Waals surface area contributed by atoms with Crippen LogP contribution in [0.4, 0.5) is 0 Å². The fraction of sp³-hybridized carbons (Fsp3) is 0.500. The van der Waals surface area contributed by atoms with E-state index in [1.54, 1.807) is 11.6 Å². The van der Waals surface area contributed by atoms with Crippen molar-refractivity contribution in [1.82, 2.24) is 14.2 Å². The summed E-state index contributed by atoms with van der Waals surface area (Å²) in [5.41, 5.74) is 1.33. The molecule has 0 radical (unpaired) electrons. The second-order valence-corrected chi connectivity index (χ2v) is 9.37. The van der Waals surface area contributed by atoms with Crippen molar-refractivity contribution in [3.8, 4) is 11.5 Å². The van der Waals surface area contributed by atoms with Gasteiger partial charge in [0.1, 0.15) is 10.6 Å². The molecule has 0 unspecified atom stereocenters. The normalized spacial score (nSPS) is 14.5. The van der Waals surface area contributed by atoms with E-state index in [-0.39, 0.29) is 10.8 Å². The van der Waals surface area contributed by atoms with Crippen molar-refractivity contribution in [2.75, 3.05) is 32.8 Å². The van der Waals surface area contributed by atoms with Crippen LogP contribution in [0.5, 0.6) is 11.5 Å². The average Bonchev–Trinajstić information content (AvgIpc) is 3.41. The summed E-state index contributed by atoms with van der Waals surface area (Å²) in [6, 6.07) is 7.19. The van der Waals surface area contributed by atoms with E-state index in [1.807, 2.05) is 32.0 Å². The van der Waals surface area contributed by atoms with E-state index < -0.39 is 10.0 Å². The van der Waals surface area contributed by atoms with Gasteiger partial charge in [-0.1, -0.05) is 6.07 Å². The molecule has 1 amide bonds. The van der Waals surface area contributed by atoms with Gasteiger partial charge in [0.15, 0.2) is 11.5 Å². The number of ether oxygens (including phenoxy) is 2.